The predicted molar refractivity (Wildman–Crippen MR) is 97.1 cm³/mol. The van der Waals surface area contributed by atoms with Crippen LogP contribution < -0.4 is 0 Å². The first-order chi connectivity index (χ1) is 11.3. The Balaban J connectivity index is 1.95. The van der Waals surface area contributed by atoms with Crippen LogP contribution in [0.15, 0.2) is 29.8 Å². The minimum absolute atomic E-state index is 0.131. The molecule has 24 heavy (non-hydrogen) atoms. The van der Waals surface area contributed by atoms with Crippen LogP contribution >= 0.6 is 0 Å². The second-order valence-electron chi connectivity index (χ2n) is 8.58. The number of rotatable bonds is 3. The van der Waals surface area contributed by atoms with E-state index >= 15 is 0 Å². The van der Waals surface area contributed by atoms with Crippen molar-refractivity contribution in [3.63, 3.8) is 0 Å². The van der Waals surface area contributed by atoms with Gasteiger partial charge >= 0.3 is 0 Å². The van der Waals surface area contributed by atoms with Crippen molar-refractivity contribution in [3.05, 3.63) is 41.0 Å². The SMILES string of the molecule is CCCCC1=C2C(c3ccccc31)N1N(C(=O)CC1(C)C)C2(C)C. The summed E-state index contributed by atoms with van der Waals surface area (Å²) in [4.78, 5) is 12.8. The molecule has 2 fully saturated rings. The van der Waals surface area contributed by atoms with Gasteiger partial charge in [0.05, 0.1) is 11.6 Å². The van der Waals surface area contributed by atoms with Gasteiger partial charge in [-0.15, -0.1) is 0 Å². The zero-order valence-electron chi connectivity index (χ0n) is 15.5. The van der Waals surface area contributed by atoms with Crippen molar-refractivity contribution in [1.29, 1.82) is 0 Å². The van der Waals surface area contributed by atoms with E-state index in [1.54, 1.807) is 0 Å². The lowest BCUT2D eigenvalue weighted by Gasteiger charge is -2.38. The predicted octanol–water partition coefficient (Wildman–Crippen LogP) is 4.71. The maximum Gasteiger partial charge on any atom is 0.239 e. The third-order valence-corrected chi connectivity index (χ3v) is 6.05. The molecule has 128 valence electrons. The van der Waals surface area contributed by atoms with E-state index in [-0.39, 0.29) is 23.0 Å². The van der Waals surface area contributed by atoms with Gasteiger partial charge < -0.3 is 0 Å². The molecule has 3 aliphatic rings. The molecule has 0 aromatic heterocycles. The molecule has 2 saturated heterocycles. The molecular weight excluding hydrogens is 296 g/mol. The summed E-state index contributed by atoms with van der Waals surface area (Å²) in [6, 6.07) is 9.05. The first-order valence-corrected chi connectivity index (χ1v) is 9.26. The van der Waals surface area contributed by atoms with Crippen LogP contribution in [0.25, 0.3) is 5.57 Å². The molecule has 3 nitrogen and oxygen atoms in total. The topological polar surface area (TPSA) is 23.6 Å². The number of nitrogens with zero attached hydrogens (tertiary/aromatic N) is 2. The van der Waals surface area contributed by atoms with E-state index in [2.05, 4.69) is 68.9 Å². The number of unbranched alkanes of at least 4 members (excludes halogenated alkanes) is 1. The zero-order valence-corrected chi connectivity index (χ0v) is 15.5. The molecule has 1 atom stereocenters. The fraction of sp³-hybridized carbons (Fsp3) is 0.571. The molecule has 0 saturated carbocycles. The maximum absolute atomic E-state index is 12.8. The smallest absolute Gasteiger partial charge is 0.239 e. The normalized spacial score (nSPS) is 26.8. The minimum Gasteiger partial charge on any atom is -0.273 e. The van der Waals surface area contributed by atoms with Crippen molar-refractivity contribution in [2.24, 2.45) is 0 Å². The second kappa shape index (κ2) is 4.95. The summed E-state index contributed by atoms with van der Waals surface area (Å²) in [5.74, 6) is 0.263. The van der Waals surface area contributed by atoms with Gasteiger partial charge in [-0.2, -0.15) is 0 Å². The molecule has 1 amide bonds. The molecule has 0 N–H and O–H groups in total. The molecule has 1 aromatic rings. The van der Waals surface area contributed by atoms with Crippen LogP contribution in [0.2, 0.25) is 0 Å². The molecule has 0 bridgehead atoms. The number of amides is 1. The highest BCUT2D eigenvalue weighted by atomic mass is 16.2. The Kier molecular flexibility index (Phi) is 3.28. The van der Waals surface area contributed by atoms with Crippen LogP contribution in [0.3, 0.4) is 0 Å². The molecule has 3 heteroatoms. The van der Waals surface area contributed by atoms with Gasteiger partial charge in [-0.1, -0.05) is 37.6 Å². The highest BCUT2D eigenvalue weighted by Crippen LogP contribution is 2.60. The van der Waals surface area contributed by atoms with Crippen molar-refractivity contribution in [1.82, 2.24) is 10.0 Å². The molecular formula is C21H28N2O. The number of carbonyl (C=O) groups excluding carboxylic acids is 1. The monoisotopic (exact) mass is 324 g/mol. The maximum atomic E-state index is 12.8. The largest absolute Gasteiger partial charge is 0.273 e. The van der Waals surface area contributed by atoms with Crippen LogP contribution in [-0.2, 0) is 4.79 Å². The lowest BCUT2D eigenvalue weighted by molar-refractivity contribution is -0.145. The number of allylic oxidation sites excluding steroid dienone is 1. The zero-order chi connectivity index (χ0) is 17.3. The number of hydrazine groups is 1. The first kappa shape index (κ1) is 15.9. The van der Waals surface area contributed by atoms with E-state index in [1.165, 1.54) is 35.1 Å². The van der Waals surface area contributed by atoms with Crippen molar-refractivity contribution < 1.29 is 4.79 Å². The number of hydrogen-bond acceptors (Lipinski definition) is 2. The average Bonchev–Trinajstić information content (AvgIpc) is 3.05. The van der Waals surface area contributed by atoms with Gasteiger partial charge in [0.2, 0.25) is 5.91 Å². The fourth-order valence-electron chi connectivity index (χ4n) is 5.13. The Morgan fingerprint density at radius 1 is 1.17 bits per heavy atom. The van der Waals surface area contributed by atoms with Crippen LogP contribution in [0.1, 0.15) is 77.5 Å². The average molecular weight is 324 g/mol. The summed E-state index contributed by atoms with van der Waals surface area (Å²) in [6.45, 7) is 11.1. The summed E-state index contributed by atoms with van der Waals surface area (Å²) in [5.41, 5.74) is 5.37. The van der Waals surface area contributed by atoms with Gasteiger partial charge in [0.1, 0.15) is 0 Å². The standard InChI is InChI=1S/C21H28N2O/c1-6-7-10-15-14-11-8-9-12-16(14)19-18(15)21(4,5)22-17(24)13-20(2,3)23(19)22/h8-9,11-12,19H,6-7,10,13H2,1-5H3. The van der Waals surface area contributed by atoms with Crippen molar-refractivity contribution in [2.45, 2.75) is 77.4 Å². The first-order valence-electron chi connectivity index (χ1n) is 9.26. The van der Waals surface area contributed by atoms with E-state index in [0.29, 0.717) is 6.42 Å². The van der Waals surface area contributed by atoms with Crippen molar-refractivity contribution >= 4 is 11.5 Å². The number of carbonyl (C=O) groups is 1. The van der Waals surface area contributed by atoms with Gasteiger partial charge in [-0.05, 0) is 62.8 Å². The number of fused-ring (bicyclic) bond motifs is 5. The molecule has 1 unspecified atom stereocenters. The Labute approximate surface area is 145 Å². The van der Waals surface area contributed by atoms with E-state index < -0.39 is 0 Å². The molecule has 0 radical (unpaired) electrons. The fourth-order valence-corrected chi connectivity index (χ4v) is 5.13. The van der Waals surface area contributed by atoms with Crippen LogP contribution in [0.5, 0.6) is 0 Å². The van der Waals surface area contributed by atoms with Gasteiger partial charge in [0, 0.05) is 12.0 Å². The van der Waals surface area contributed by atoms with E-state index in [4.69, 9.17) is 0 Å². The molecule has 4 rings (SSSR count). The summed E-state index contributed by atoms with van der Waals surface area (Å²) >= 11 is 0. The highest BCUT2D eigenvalue weighted by molar-refractivity contribution is 5.87. The van der Waals surface area contributed by atoms with Gasteiger partial charge in [-0.25, -0.2) is 5.01 Å². The van der Waals surface area contributed by atoms with Gasteiger partial charge in [0.25, 0.3) is 0 Å². The van der Waals surface area contributed by atoms with Gasteiger partial charge in [0.15, 0.2) is 0 Å². The van der Waals surface area contributed by atoms with E-state index in [0.717, 1.165) is 6.42 Å². The van der Waals surface area contributed by atoms with Crippen molar-refractivity contribution in [2.75, 3.05) is 0 Å². The van der Waals surface area contributed by atoms with Crippen LogP contribution in [0.4, 0.5) is 0 Å². The van der Waals surface area contributed by atoms with E-state index in [1.807, 2.05) is 0 Å². The Bertz CT molecular complexity index is 744. The number of benzene rings is 1. The lowest BCUT2D eigenvalue weighted by Crippen LogP contribution is -2.49. The Hall–Kier alpha value is -1.61. The Morgan fingerprint density at radius 3 is 2.58 bits per heavy atom. The minimum atomic E-state index is -0.238. The molecule has 1 aromatic carbocycles. The molecule has 0 spiro atoms. The quantitative estimate of drug-likeness (QED) is 0.804. The molecule has 2 aliphatic heterocycles. The third-order valence-electron chi connectivity index (χ3n) is 6.05. The Morgan fingerprint density at radius 2 is 1.88 bits per heavy atom. The highest BCUT2D eigenvalue weighted by Gasteiger charge is 2.62. The van der Waals surface area contributed by atoms with Gasteiger partial charge in [-0.3, -0.25) is 9.80 Å². The second-order valence-corrected chi connectivity index (χ2v) is 8.58. The molecule has 1 aliphatic carbocycles. The van der Waals surface area contributed by atoms with Crippen LogP contribution in [0, 0.1) is 0 Å². The lowest BCUT2D eigenvalue weighted by atomic mass is 9.85. The van der Waals surface area contributed by atoms with Crippen molar-refractivity contribution in [3.8, 4) is 0 Å². The number of hydrogen-bond donors (Lipinski definition) is 0. The summed E-state index contributed by atoms with van der Waals surface area (Å²) < 4.78 is 0. The molecule has 2 heterocycles. The van der Waals surface area contributed by atoms with E-state index in [9.17, 15) is 4.79 Å². The summed E-state index contributed by atoms with van der Waals surface area (Å²) in [7, 11) is 0. The summed E-state index contributed by atoms with van der Waals surface area (Å²) in [5, 5.41) is 4.44. The third kappa shape index (κ3) is 1.85. The van der Waals surface area contributed by atoms with Crippen LogP contribution in [-0.4, -0.2) is 27.0 Å². The summed E-state index contributed by atoms with van der Waals surface area (Å²) in [6.07, 6.45) is 4.11.